The highest BCUT2D eigenvalue weighted by molar-refractivity contribution is 5.51. The van der Waals surface area contributed by atoms with Crippen LogP contribution in [0, 0.1) is 0 Å². The van der Waals surface area contributed by atoms with Crippen LogP contribution >= 0.6 is 0 Å². The number of benzene rings is 1. The zero-order valence-corrected chi connectivity index (χ0v) is 15.4. The molecule has 0 bridgehead atoms. The molecule has 0 radical (unpaired) electrons. The summed E-state index contributed by atoms with van der Waals surface area (Å²) in [6.45, 7) is 7.67. The highest BCUT2D eigenvalue weighted by Gasteiger charge is 2.31. The van der Waals surface area contributed by atoms with Crippen LogP contribution in [-0.4, -0.2) is 40.9 Å². The minimum absolute atomic E-state index is 0.185. The average molecular weight is 347 g/mol. The zero-order chi connectivity index (χ0) is 18.2. The van der Waals surface area contributed by atoms with Gasteiger partial charge >= 0.3 is 0 Å². The van der Waals surface area contributed by atoms with Crippen molar-refractivity contribution in [3.63, 3.8) is 0 Å². The fraction of sp³-hybridized carbons (Fsp3) is 0.556. The summed E-state index contributed by atoms with van der Waals surface area (Å²) in [6.07, 6.45) is -0.664. The van der Waals surface area contributed by atoms with Crippen LogP contribution in [0.4, 0.5) is 0 Å². The van der Waals surface area contributed by atoms with Gasteiger partial charge < -0.3 is 19.1 Å². The van der Waals surface area contributed by atoms with E-state index < -0.39 is 6.10 Å². The molecule has 0 unspecified atom stereocenters. The van der Waals surface area contributed by atoms with E-state index in [2.05, 4.69) is 15.0 Å². The van der Waals surface area contributed by atoms with Crippen LogP contribution < -0.4 is 9.47 Å². The second-order valence-electron chi connectivity index (χ2n) is 7.31. The number of hydrogen-bond acceptors (Lipinski definition) is 7. The zero-order valence-electron chi connectivity index (χ0n) is 15.4. The van der Waals surface area contributed by atoms with Crippen molar-refractivity contribution in [3.8, 4) is 11.5 Å². The molecule has 136 valence electrons. The molecule has 0 fully saturated rings. The Morgan fingerprint density at radius 2 is 1.92 bits per heavy atom. The number of hydrogen-bond donors (Lipinski definition) is 1. The molecule has 0 saturated carbocycles. The van der Waals surface area contributed by atoms with Crippen molar-refractivity contribution in [1.29, 1.82) is 0 Å². The molecule has 2 heterocycles. The van der Waals surface area contributed by atoms with E-state index in [1.807, 2.05) is 32.9 Å². The summed E-state index contributed by atoms with van der Waals surface area (Å²) in [7, 11) is 3.23. The molecule has 1 atom stereocenters. The standard InChI is InChI=1S/C18H25N3O4/c1-18(2,3)17-19-15(20-25-17)10-21-8-11-13(23-4)6-7-14(24-5)16(11)12(22)9-21/h6-7,12,22H,8-10H2,1-5H3/t12-/m0/s1. The molecule has 0 amide bonds. The third-order valence-corrected chi connectivity index (χ3v) is 4.33. The number of aromatic nitrogens is 2. The summed E-state index contributed by atoms with van der Waals surface area (Å²) in [5.74, 6) is 2.64. The van der Waals surface area contributed by atoms with Crippen LogP contribution in [0.1, 0.15) is 49.7 Å². The van der Waals surface area contributed by atoms with Gasteiger partial charge in [0.25, 0.3) is 0 Å². The summed E-state index contributed by atoms with van der Waals surface area (Å²) in [6, 6.07) is 3.69. The summed E-state index contributed by atoms with van der Waals surface area (Å²) >= 11 is 0. The Labute approximate surface area is 147 Å². The first kappa shape index (κ1) is 17.7. The molecule has 7 nitrogen and oxygen atoms in total. The van der Waals surface area contributed by atoms with Gasteiger partial charge in [0.15, 0.2) is 5.82 Å². The van der Waals surface area contributed by atoms with E-state index in [1.54, 1.807) is 14.2 Å². The molecule has 1 aromatic carbocycles. The van der Waals surface area contributed by atoms with E-state index in [0.717, 1.165) is 16.9 Å². The van der Waals surface area contributed by atoms with Crippen LogP contribution in [0.3, 0.4) is 0 Å². The Balaban J connectivity index is 1.85. The van der Waals surface area contributed by atoms with Crippen molar-refractivity contribution in [2.24, 2.45) is 0 Å². The van der Waals surface area contributed by atoms with Gasteiger partial charge in [-0.05, 0) is 12.1 Å². The van der Waals surface area contributed by atoms with E-state index in [9.17, 15) is 5.11 Å². The van der Waals surface area contributed by atoms with Crippen LogP contribution in [0.5, 0.6) is 11.5 Å². The van der Waals surface area contributed by atoms with Crippen molar-refractivity contribution in [1.82, 2.24) is 15.0 Å². The quantitative estimate of drug-likeness (QED) is 0.909. The lowest BCUT2D eigenvalue weighted by molar-refractivity contribution is 0.0823. The van der Waals surface area contributed by atoms with Gasteiger partial charge in [-0.25, -0.2) is 0 Å². The number of aliphatic hydroxyl groups excluding tert-OH is 1. The van der Waals surface area contributed by atoms with Gasteiger partial charge in [0, 0.05) is 29.6 Å². The number of ether oxygens (including phenoxy) is 2. The molecule has 25 heavy (non-hydrogen) atoms. The summed E-state index contributed by atoms with van der Waals surface area (Å²) in [5, 5.41) is 14.7. The monoisotopic (exact) mass is 347 g/mol. The number of nitrogens with zero attached hydrogens (tertiary/aromatic N) is 3. The molecule has 2 aromatic rings. The Hall–Kier alpha value is -2.12. The second-order valence-corrected chi connectivity index (χ2v) is 7.31. The molecule has 1 aliphatic heterocycles. The maximum Gasteiger partial charge on any atom is 0.232 e. The smallest absolute Gasteiger partial charge is 0.232 e. The lowest BCUT2D eigenvalue weighted by Crippen LogP contribution is -2.34. The van der Waals surface area contributed by atoms with Gasteiger partial charge in [-0.2, -0.15) is 4.98 Å². The van der Waals surface area contributed by atoms with Gasteiger partial charge in [0.1, 0.15) is 11.5 Å². The van der Waals surface area contributed by atoms with Crippen molar-refractivity contribution < 1.29 is 19.1 Å². The minimum atomic E-state index is -0.664. The Kier molecular flexibility index (Phi) is 4.71. The van der Waals surface area contributed by atoms with Crippen LogP contribution in [0.15, 0.2) is 16.7 Å². The van der Waals surface area contributed by atoms with Gasteiger partial charge in [-0.3, -0.25) is 4.90 Å². The number of methoxy groups -OCH3 is 2. The molecule has 0 aliphatic carbocycles. The van der Waals surface area contributed by atoms with E-state index in [1.165, 1.54) is 0 Å². The van der Waals surface area contributed by atoms with Gasteiger partial charge in [-0.15, -0.1) is 0 Å². The third kappa shape index (κ3) is 3.48. The summed E-state index contributed by atoms with van der Waals surface area (Å²) in [5.41, 5.74) is 1.54. The number of rotatable bonds is 4. The minimum Gasteiger partial charge on any atom is -0.496 e. The van der Waals surface area contributed by atoms with Crippen molar-refractivity contribution in [2.75, 3.05) is 20.8 Å². The Morgan fingerprint density at radius 1 is 1.24 bits per heavy atom. The molecule has 1 aromatic heterocycles. The molecule has 7 heteroatoms. The first-order valence-electron chi connectivity index (χ1n) is 8.30. The van der Waals surface area contributed by atoms with Gasteiger partial charge in [-0.1, -0.05) is 25.9 Å². The van der Waals surface area contributed by atoms with E-state index in [-0.39, 0.29) is 5.41 Å². The number of fused-ring (bicyclic) bond motifs is 1. The molecule has 3 rings (SSSR count). The molecule has 1 aliphatic rings. The van der Waals surface area contributed by atoms with Crippen molar-refractivity contribution in [3.05, 3.63) is 35.0 Å². The van der Waals surface area contributed by atoms with Crippen LogP contribution in [-0.2, 0) is 18.5 Å². The lowest BCUT2D eigenvalue weighted by Gasteiger charge is -2.33. The number of β-amino-alcohol motifs (C(OH)–C–C–N with tert-alkyl or cyclic N) is 1. The van der Waals surface area contributed by atoms with Gasteiger partial charge in [0.2, 0.25) is 5.89 Å². The van der Waals surface area contributed by atoms with Crippen LogP contribution in [0.2, 0.25) is 0 Å². The van der Waals surface area contributed by atoms with E-state index in [0.29, 0.717) is 37.1 Å². The summed E-state index contributed by atoms with van der Waals surface area (Å²) < 4.78 is 16.2. The largest absolute Gasteiger partial charge is 0.496 e. The van der Waals surface area contributed by atoms with Gasteiger partial charge in [0.05, 0.1) is 26.9 Å². The normalized spacial score (nSPS) is 18.1. The highest BCUT2D eigenvalue weighted by atomic mass is 16.5. The first-order valence-corrected chi connectivity index (χ1v) is 8.30. The topological polar surface area (TPSA) is 80.9 Å². The molecule has 1 N–H and O–H groups in total. The first-order chi connectivity index (χ1) is 11.8. The Morgan fingerprint density at radius 3 is 2.52 bits per heavy atom. The molecule has 0 saturated heterocycles. The highest BCUT2D eigenvalue weighted by Crippen LogP contribution is 2.39. The third-order valence-electron chi connectivity index (χ3n) is 4.33. The fourth-order valence-electron chi connectivity index (χ4n) is 3.09. The molecule has 0 spiro atoms. The maximum absolute atomic E-state index is 10.6. The SMILES string of the molecule is COc1ccc(OC)c2c1CN(Cc1noc(C(C)(C)C)n1)C[C@@H]2O. The molecular formula is C18H25N3O4. The second kappa shape index (κ2) is 6.65. The lowest BCUT2D eigenvalue weighted by atomic mass is 9.95. The molecular weight excluding hydrogens is 322 g/mol. The van der Waals surface area contributed by atoms with E-state index >= 15 is 0 Å². The van der Waals surface area contributed by atoms with E-state index in [4.69, 9.17) is 14.0 Å². The summed E-state index contributed by atoms with van der Waals surface area (Å²) in [4.78, 5) is 6.55. The van der Waals surface area contributed by atoms with Crippen molar-refractivity contribution in [2.45, 2.75) is 45.4 Å². The van der Waals surface area contributed by atoms with Crippen molar-refractivity contribution >= 4 is 0 Å². The fourth-order valence-corrected chi connectivity index (χ4v) is 3.09. The van der Waals surface area contributed by atoms with Crippen LogP contribution in [0.25, 0.3) is 0 Å². The predicted molar refractivity (Wildman–Crippen MR) is 91.6 cm³/mol. The maximum atomic E-state index is 10.6. The Bertz CT molecular complexity index is 751. The average Bonchev–Trinajstić information content (AvgIpc) is 3.02. The predicted octanol–water partition coefficient (Wildman–Crippen LogP) is 2.43. The number of aliphatic hydroxyl groups is 1.